The van der Waals surface area contributed by atoms with Crippen molar-refractivity contribution in [3.63, 3.8) is 0 Å². The normalized spacial score (nSPS) is 20.5. The molecule has 0 aromatic heterocycles. The first kappa shape index (κ1) is 12.4. The number of nitrogen functional groups attached to an aromatic ring is 1. The Bertz CT molecular complexity index is 475. The van der Waals surface area contributed by atoms with Crippen molar-refractivity contribution >= 4 is 23.3 Å². The number of carbonyl (C=O) groups excluding carboxylic acids is 2. The van der Waals surface area contributed by atoms with Crippen LogP contribution in [0.15, 0.2) is 24.3 Å². The summed E-state index contributed by atoms with van der Waals surface area (Å²) in [7, 11) is 1.51. The lowest BCUT2D eigenvalue weighted by Gasteiger charge is -2.18. The number of hydrogen-bond acceptors (Lipinski definition) is 4. The molecule has 0 spiro atoms. The number of nitrogens with one attached hydrogen (secondary N) is 1. The Morgan fingerprint density at radius 3 is 2.89 bits per heavy atom. The van der Waals surface area contributed by atoms with Crippen LogP contribution in [-0.4, -0.2) is 31.7 Å². The van der Waals surface area contributed by atoms with E-state index in [1.54, 1.807) is 24.3 Å². The summed E-state index contributed by atoms with van der Waals surface area (Å²) in [6.45, 7) is 0.319. The number of methoxy groups -OCH3 is 1. The fraction of sp³-hybridized carbons (Fsp3) is 0.333. The van der Waals surface area contributed by atoms with Crippen molar-refractivity contribution < 1.29 is 14.3 Å². The lowest BCUT2D eigenvalue weighted by Crippen LogP contribution is -2.41. The van der Waals surface area contributed by atoms with E-state index in [1.165, 1.54) is 7.11 Å². The zero-order valence-corrected chi connectivity index (χ0v) is 10.1. The molecule has 6 heteroatoms. The van der Waals surface area contributed by atoms with E-state index in [9.17, 15) is 9.59 Å². The van der Waals surface area contributed by atoms with Gasteiger partial charge in [-0.1, -0.05) is 6.07 Å². The number of hydrogen-bond donors (Lipinski definition) is 2. The van der Waals surface area contributed by atoms with Crippen LogP contribution in [0, 0.1) is 0 Å². The Morgan fingerprint density at radius 1 is 1.44 bits per heavy atom. The molecule has 2 rings (SSSR count). The highest BCUT2D eigenvalue weighted by atomic mass is 16.5. The van der Waals surface area contributed by atoms with Gasteiger partial charge in [0.25, 0.3) is 0 Å². The number of amides is 3. The van der Waals surface area contributed by atoms with Gasteiger partial charge < -0.3 is 15.8 Å². The minimum absolute atomic E-state index is 0.157. The first-order valence-electron chi connectivity index (χ1n) is 5.61. The number of nitrogens with zero attached hydrogens (tertiary/aromatic N) is 1. The second-order valence-electron chi connectivity index (χ2n) is 4.07. The molecule has 3 amide bonds. The number of nitrogens with two attached hydrogens (primary N) is 1. The van der Waals surface area contributed by atoms with Crippen LogP contribution in [0.4, 0.5) is 16.2 Å². The average molecular weight is 249 g/mol. The minimum atomic E-state index is -0.454. The van der Waals surface area contributed by atoms with Gasteiger partial charge in [0.05, 0.1) is 18.2 Å². The van der Waals surface area contributed by atoms with Gasteiger partial charge in [-0.3, -0.25) is 4.79 Å². The molecule has 6 nitrogen and oxygen atoms in total. The van der Waals surface area contributed by atoms with E-state index >= 15 is 0 Å². The summed E-state index contributed by atoms with van der Waals surface area (Å²) >= 11 is 0. The summed E-state index contributed by atoms with van der Waals surface area (Å²) in [6.07, 6.45) is -0.142. The molecule has 1 atom stereocenters. The maximum Gasteiger partial charge on any atom is 0.328 e. The van der Waals surface area contributed by atoms with Crippen molar-refractivity contribution in [3.8, 4) is 0 Å². The smallest absolute Gasteiger partial charge is 0.328 e. The van der Waals surface area contributed by atoms with Crippen molar-refractivity contribution in [2.24, 2.45) is 0 Å². The number of urea groups is 1. The lowest BCUT2D eigenvalue weighted by molar-refractivity contribution is -0.119. The Kier molecular flexibility index (Phi) is 3.47. The van der Waals surface area contributed by atoms with Crippen molar-refractivity contribution in [3.05, 3.63) is 24.3 Å². The molecule has 1 aliphatic heterocycles. The van der Waals surface area contributed by atoms with E-state index in [2.05, 4.69) is 5.32 Å². The standard InChI is InChI=1S/C12H15N3O3/c1-18-10-6-11(16)15(12(17)14-7-10)9-4-2-3-8(13)5-9/h2-5,10H,6-7,13H2,1H3,(H,14,17). The van der Waals surface area contributed by atoms with E-state index in [1.807, 2.05) is 0 Å². The summed E-state index contributed by atoms with van der Waals surface area (Å²) in [5.41, 5.74) is 6.62. The molecule has 1 unspecified atom stereocenters. The second-order valence-corrected chi connectivity index (χ2v) is 4.07. The van der Waals surface area contributed by atoms with Crippen LogP contribution in [0.5, 0.6) is 0 Å². The number of imide groups is 1. The van der Waals surface area contributed by atoms with Crippen LogP contribution in [-0.2, 0) is 9.53 Å². The first-order chi connectivity index (χ1) is 8.61. The zero-order chi connectivity index (χ0) is 13.1. The Labute approximate surface area is 105 Å². The Morgan fingerprint density at radius 2 is 2.22 bits per heavy atom. The van der Waals surface area contributed by atoms with E-state index in [4.69, 9.17) is 10.5 Å². The highest BCUT2D eigenvalue weighted by molar-refractivity contribution is 6.15. The summed E-state index contributed by atoms with van der Waals surface area (Å²) in [5, 5.41) is 2.64. The average Bonchev–Trinajstić information content (AvgIpc) is 2.48. The number of rotatable bonds is 2. The SMILES string of the molecule is COC1CNC(=O)N(c2cccc(N)c2)C(=O)C1. The molecule has 0 bridgehead atoms. The third-order valence-electron chi connectivity index (χ3n) is 2.80. The molecule has 1 aromatic rings. The highest BCUT2D eigenvalue weighted by Crippen LogP contribution is 2.20. The van der Waals surface area contributed by atoms with Gasteiger partial charge in [0.15, 0.2) is 0 Å². The molecule has 1 fully saturated rings. The summed E-state index contributed by atoms with van der Waals surface area (Å²) < 4.78 is 5.11. The number of ether oxygens (including phenoxy) is 1. The molecule has 96 valence electrons. The van der Waals surface area contributed by atoms with Crippen molar-refractivity contribution in [2.75, 3.05) is 24.3 Å². The minimum Gasteiger partial charge on any atom is -0.399 e. The van der Waals surface area contributed by atoms with Crippen molar-refractivity contribution in [1.82, 2.24) is 5.32 Å². The second kappa shape index (κ2) is 5.05. The third-order valence-corrected chi connectivity index (χ3v) is 2.80. The molecule has 1 heterocycles. The molecule has 3 N–H and O–H groups in total. The zero-order valence-electron chi connectivity index (χ0n) is 10.1. The maximum atomic E-state index is 12.1. The largest absolute Gasteiger partial charge is 0.399 e. The number of benzene rings is 1. The fourth-order valence-corrected chi connectivity index (χ4v) is 1.84. The van der Waals surface area contributed by atoms with Gasteiger partial charge in [-0.2, -0.15) is 0 Å². The van der Waals surface area contributed by atoms with E-state index in [-0.39, 0.29) is 18.4 Å². The van der Waals surface area contributed by atoms with Crippen LogP contribution in [0.1, 0.15) is 6.42 Å². The molecule has 0 saturated carbocycles. The number of carbonyl (C=O) groups is 2. The van der Waals surface area contributed by atoms with Crippen LogP contribution in [0.3, 0.4) is 0 Å². The molecule has 1 saturated heterocycles. The van der Waals surface area contributed by atoms with Crippen molar-refractivity contribution in [1.29, 1.82) is 0 Å². The summed E-state index contributed by atoms with van der Waals surface area (Å²) in [5.74, 6) is -0.303. The first-order valence-corrected chi connectivity index (χ1v) is 5.61. The Hall–Kier alpha value is -2.08. The predicted octanol–water partition coefficient (Wildman–Crippen LogP) is 0.730. The topological polar surface area (TPSA) is 84.7 Å². The third kappa shape index (κ3) is 2.43. The predicted molar refractivity (Wildman–Crippen MR) is 67.2 cm³/mol. The van der Waals surface area contributed by atoms with Gasteiger partial charge in [-0.15, -0.1) is 0 Å². The monoisotopic (exact) mass is 249 g/mol. The lowest BCUT2D eigenvalue weighted by atomic mass is 10.2. The summed E-state index contributed by atoms with van der Waals surface area (Å²) in [6, 6.07) is 6.20. The van der Waals surface area contributed by atoms with Gasteiger partial charge in [-0.05, 0) is 18.2 Å². The highest BCUT2D eigenvalue weighted by Gasteiger charge is 2.30. The van der Waals surface area contributed by atoms with Gasteiger partial charge in [0.2, 0.25) is 5.91 Å². The van der Waals surface area contributed by atoms with Crippen LogP contribution >= 0.6 is 0 Å². The van der Waals surface area contributed by atoms with Crippen LogP contribution in [0.2, 0.25) is 0 Å². The van der Waals surface area contributed by atoms with Crippen molar-refractivity contribution in [2.45, 2.75) is 12.5 Å². The van der Waals surface area contributed by atoms with E-state index in [0.717, 1.165) is 4.90 Å². The Balaban J connectivity index is 2.30. The van der Waals surface area contributed by atoms with Gasteiger partial charge in [0, 0.05) is 19.3 Å². The molecule has 0 radical (unpaired) electrons. The number of anilines is 2. The molecule has 18 heavy (non-hydrogen) atoms. The summed E-state index contributed by atoms with van der Waals surface area (Å²) in [4.78, 5) is 25.0. The van der Waals surface area contributed by atoms with Crippen LogP contribution < -0.4 is 16.0 Å². The molecule has 0 aliphatic carbocycles. The molecule has 1 aliphatic rings. The quantitative estimate of drug-likeness (QED) is 0.757. The molecule has 1 aromatic carbocycles. The van der Waals surface area contributed by atoms with Crippen LogP contribution in [0.25, 0.3) is 0 Å². The maximum absolute atomic E-state index is 12.1. The van der Waals surface area contributed by atoms with E-state index < -0.39 is 6.03 Å². The van der Waals surface area contributed by atoms with Gasteiger partial charge >= 0.3 is 6.03 Å². The molecular formula is C12H15N3O3. The van der Waals surface area contributed by atoms with Gasteiger partial charge in [-0.25, -0.2) is 9.69 Å². The van der Waals surface area contributed by atoms with E-state index in [0.29, 0.717) is 17.9 Å². The molecular weight excluding hydrogens is 234 g/mol. The fourth-order valence-electron chi connectivity index (χ4n) is 1.84. The van der Waals surface area contributed by atoms with Gasteiger partial charge in [0.1, 0.15) is 0 Å².